The van der Waals surface area contributed by atoms with Crippen LogP contribution in [0, 0.1) is 0 Å². The summed E-state index contributed by atoms with van der Waals surface area (Å²) in [6.45, 7) is 0. The zero-order valence-corrected chi connectivity index (χ0v) is 10.00. The number of hydrogen-bond acceptors (Lipinski definition) is 3. The molecule has 2 rings (SSSR count). The van der Waals surface area contributed by atoms with E-state index in [1.807, 2.05) is 0 Å². The van der Waals surface area contributed by atoms with Gasteiger partial charge in [0.15, 0.2) is 0 Å². The van der Waals surface area contributed by atoms with Crippen molar-refractivity contribution in [2.24, 2.45) is 5.73 Å². The first-order valence-electron chi connectivity index (χ1n) is 5.71. The summed E-state index contributed by atoms with van der Waals surface area (Å²) >= 11 is 0. The molecule has 0 fully saturated rings. The number of para-hydroxylation sites is 2. The third-order valence-corrected chi connectivity index (χ3v) is 2.88. The smallest absolute Gasteiger partial charge is 0.327 e. The van der Waals surface area contributed by atoms with Crippen molar-refractivity contribution in [3.05, 3.63) is 34.7 Å². The van der Waals surface area contributed by atoms with Gasteiger partial charge in [0.1, 0.15) is 6.04 Å². The molecule has 2 aromatic rings. The van der Waals surface area contributed by atoms with E-state index in [4.69, 9.17) is 5.73 Å². The minimum absolute atomic E-state index is 0.0214. The Morgan fingerprint density at radius 3 is 2.68 bits per heavy atom. The van der Waals surface area contributed by atoms with Crippen molar-refractivity contribution in [1.29, 1.82) is 0 Å². The van der Waals surface area contributed by atoms with E-state index in [9.17, 15) is 19.5 Å². The number of H-pyrrole nitrogens is 1. The molecule has 0 saturated carbocycles. The molecule has 0 aliphatic heterocycles. The average Bonchev–Trinajstić information content (AvgIpc) is 2.66. The number of aromatic nitrogens is 2. The molecular weight excluding hydrogens is 250 g/mol. The molecule has 0 radical (unpaired) electrons. The maximum atomic E-state index is 11.9. The highest BCUT2D eigenvalue weighted by Gasteiger charge is 2.24. The molecule has 4 N–H and O–H groups in total. The highest BCUT2D eigenvalue weighted by Crippen LogP contribution is 2.18. The monoisotopic (exact) mass is 263 g/mol. The molecule has 1 aromatic heterocycles. The van der Waals surface area contributed by atoms with Crippen LogP contribution in [-0.4, -0.2) is 26.5 Å². The van der Waals surface area contributed by atoms with E-state index in [0.29, 0.717) is 11.0 Å². The normalized spacial score (nSPS) is 12.4. The van der Waals surface area contributed by atoms with Gasteiger partial charge >= 0.3 is 11.7 Å². The molecule has 1 atom stereocenters. The number of aliphatic carboxylic acids is 1. The summed E-state index contributed by atoms with van der Waals surface area (Å²) in [6.07, 6.45) is -0.116. The summed E-state index contributed by atoms with van der Waals surface area (Å²) in [4.78, 5) is 36.5. The first kappa shape index (κ1) is 12.9. The Balaban J connectivity index is 2.50. The van der Waals surface area contributed by atoms with Crippen molar-refractivity contribution in [2.45, 2.75) is 18.9 Å². The van der Waals surface area contributed by atoms with Crippen molar-refractivity contribution in [3.8, 4) is 0 Å². The lowest BCUT2D eigenvalue weighted by molar-refractivity contribution is -0.141. The van der Waals surface area contributed by atoms with Gasteiger partial charge in [0.25, 0.3) is 0 Å². The van der Waals surface area contributed by atoms with Gasteiger partial charge in [-0.05, 0) is 18.6 Å². The summed E-state index contributed by atoms with van der Waals surface area (Å²) in [5.41, 5.74) is 5.55. The first-order valence-corrected chi connectivity index (χ1v) is 5.71. The Kier molecular flexibility index (Phi) is 3.37. The van der Waals surface area contributed by atoms with Crippen molar-refractivity contribution in [3.63, 3.8) is 0 Å². The molecular formula is C12H13N3O4. The molecule has 0 aliphatic rings. The van der Waals surface area contributed by atoms with E-state index >= 15 is 0 Å². The number of amides is 1. The van der Waals surface area contributed by atoms with E-state index in [-0.39, 0.29) is 12.8 Å². The number of carboxylic acid groups (broad SMARTS) is 1. The molecule has 1 unspecified atom stereocenters. The first-order chi connectivity index (χ1) is 9.00. The second-order valence-corrected chi connectivity index (χ2v) is 4.18. The molecule has 0 spiro atoms. The van der Waals surface area contributed by atoms with Crippen LogP contribution >= 0.6 is 0 Å². The predicted octanol–water partition coefficient (Wildman–Crippen LogP) is 0.221. The number of benzene rings is 1. The number of carbonyl (C=O) groups is 2. The zero-order valence-electron chi connectivity index (χ0n) is 10.00. The van der Waals surface area contributed by atoms with Crippen LogP contribution in [0.2, 0.25) is 0 Å². The van der Waals surface area contributed by atoms with E-state index in [0.717, 1.165) is 4.57 Å². The topological polar surface area (TPSA) is 118 Å². The molecule has 7 heteroatoms. The molecule has 1 amide bonds. The van der Waals surface area contributed by atoms with Crippen LogP contribution < -0.4 is 11.4 Å². The quantitative estimate of drug-likeness (QED) is 0.715. The van der Waals surface area contributed by atoms with Crippen molar-refractivity contribution in [1.82, 2.24) is 9.55 Å². The van der Waals surface area contributed by atoms with Crippen molar-refractivity contribution < 1.29 is 14.7 Å². The number of nitrogens with one attached hydrogen (secondary N) is 1. The van der Waals surface area contributed by atoms with Crippen molar-refractivity contribution in [2.75, 3.05) is 0 Å². The number of aromatic amines is 1. The number of nitrogens with zero attached hydrogens (tertiary/aromatic N) is 1. The minimum atomic E-state index is -1.17. The fourth-order valence-corrected chi connectivity index (χ4v) is 2.03. The lowest BCUT2D eigenvalue weighted by Gasteiger charge is -2.13. The maximum absolute atomic E-state index is 11.9. The molecule has 0 saturated heterocycles. The van der Waals surface area contributed by atoms with Gasteiger partial charge in [0, 0.05) is 6.42 Å². The molecule has 1 heterocycles. The number of hydrogen-bond donors (Lipinski definition) is 3. The number of nitrogens with two attached hydrogens (primary N) is 1. The van der Waals surface area contributed by atoms with Gasteiger partial charge < -0.3 is 15.8 Å². The molecule has 19 heavy (non-hydrogen) atoms. The molecule has 0 aliphatic carbocycles. The largest absolute Gasteiger partial charge is 0.480 e. The Hall–Kier alpha value is -2.57. The lowest BCUT2D eigenvalue weighted by Crippen LogP contribution is -2.29. The van der Waals surface area contributed by atoms with Crippen LogP contribution in [0.15, 0.2) is 29.1 Å². The number of carboxylic acids is 1. The van der Waals surface area contributed by atoms with Crippen LogP contribution in [-0.2, 0) is 9.59 Å². The second kappa shape index (κ2) is 4.97. The van der Waals surface area contributed by atoms with Gasteiger partial charge in [-0.15, -0.1) is 0 Å². The van der Waals surface area contributed by atoms with Gasteiger partial charge in [-0.25, -0.2) is 9.59 Å². The summed E-state index contributed by atoms with van der Waals surface area (Å²) in [5, 5.41) is 9.22. The van der Waals surface area contributed by atoms with Crippen molar-refractivity contribution >= 4 is 22.9 Å². The van der Waals surface area contributed by atoms with Gasteiger partial charge in [-0.2, -0.15) is 0 Å². The summed E-state index contributed by atoms with van der Waals surface area (Å²) in [7, 11) is 0. The van der Waals surface area contributed by atoms with Crippen LogP contribution in [0.5, 0.6) is 0 Å². The number of carbonyl (C=O) groups excluding carboxylic acids is 1. The summed E-state index contributed by atoms with van der Waals surface area (Å²) in [5.74, 6) is -1.77. The Morgan fingerprint density at radius 2 is 2.05 bits per heavy atom. The minimum Gasteiger partial charge on any atom is -0.480 e. The Labute approximate surface area is 107 Å². The lowest BCUT2D eigenvalue weighted by atomic mass is 10.1. The standard InChI is InChI=1S/C12H13N3O4/c13-10(16)6-5-9(11(17)18)15-8-4-2-1-3-7(8)14-12(15)19/h1-4,9H,5-6H2,(H2,13,16)(H,14,19)(H,17,18). The Morgan fingerprint density at radius 1 is 1.37 bits per heavy atom. The highest BCUT2D eigenvalue weighted by molar-refractivity contribution is 5.80. The highest BCUT2D eigenvalue weighted by atomic mass is 16.4. The number of primary amides is 1. The Bertz CT molecular complexity index is 686. The number of rotatable bonds is 5. The SMILES string of the molecule is NC(=O)CCC(C(=O)O)n1c(=O)[nH]c2ccccc21. The zero-order chi connectivity index (χ0) is 14.0. The number of fused-ring (bicyclic) bond motifs is 1. The maximum Gasteiger partial charge on any atom is 0.327 e. The molecule has 7 nitrogen and oxygen atoms in total. The average molecular weight is 263 g/mol. The summed E-state index contributed by atoms with van der Waals surface area (Å²) in [6, 6.07) is 5.66. The van der Waals surface area contributed by atoms with E-state index in [1.165, 1.54) is 0 Å². The summed E-state index contributed by atoms with van der Waals surface area (Å²) < 4.78 is 1.14. The van der Waals surface area contributed by atoms with Crippen LogP contribution in [0.3, 0.4) is 0 Å². The van der Waals surface area contributed by atoms with Gasteiger partial charge in [0.05, 0.1) is 11.0 Å². The molecule has 1 aromatic carbocycles. The van der Waals surface area contributed by atoms with Crippen LogP contribution in [0.25, 0.3) is 11.0 Å². The van der Waals surface area contributed by atoms with E-state index in [1.54, 1.807) is 24.3 Å². The van der Waals surface area contributed by atoms with Gasteiger partial charge in [-0.3, -0.25) is 9.36 Å². The van der Waals surface area contributed by atoms with E-state index < -0.39 is 23.6 Å². The van der Waals surface area contributed by atoms with E-state index in [2.05, 4.69) is 4.98 Å². The van der Waals surface area contributed by atoms with Gasteiger partial charge in [-0.1, -0.05) is 12.1 Å². The second-order valence-electron chi connectivity index (χ2n) is 4.18. The molecule has 100 valence electrons. The predicted molar refractivity (Wildman–Crippen MR) is 67.7 cm³/mol. The fraction of sp³-hybridized carbons (Fsp3) is 0.250. The van der Waals surface area contributed by atoms with Crippen LogP contribution in [0.1, 0.15) is 18.9 Å². The third kappa shape index (κ3) is 2.49. The van der Waals surface area contributed by atoms with Crippen LogP contribution in [0.4, 0.5) is 0 Å². The molecule has 0 bridgehead atoms. The number of imidazole rings is 1. The van der Waals surface area contributed by atoms with Gasteiger partial charge in [0.2, 0.25) is 5.91 Å². The third-order valence-electron chi connectivity index (χ3n) is 2.88. The fourth-order valence-electron chi connectivity index (χ4n) is 2.03.